The minimum absolute atomic E-state index is 0.0106. The van der Waals surface area contributed by atoms with E-state index in [0.717, 1.165) is 18.6 Å². The van der Waals surface area contributed by atoms with E-state index in [1.165, 1.54) is 18.6 Å². The highest BCUT2D eigenvalue weighted by atomic mass is 79.9. The predicted octanol–water partition coefficient (Wildman–Crippen LogP) is 4.29. The first kappa shape index (κ1) is 17.1. The monoisotopic (exact) mass is 393 g/mol. The number of fused-ring (bicyclic) bond motifs is 2. The minimum Gasteiger partial charge on any atom is -0.267 e. The lowest BCUT2D eigenvalue weighted by Crippen LogP contribution is -2.34. The Morgan fingerprint density at radius 3 is 2.67 bits per heavy atom. The first-order chi connectivity index (χ1) is 11.2. The number of halogens is 1. The van der Waals surface area contributed by atoms with Crippen LogP contribution in [0.3, 0.4) is 0 Å². The molecule has 2 bridgehead atoms. The van der Waals surface area contributed by atoms with Crippen molar-refractivity contribution in [3.8, 4) is 0 Å². The number of nitrogens with one attached hydrogen (secondary N) is 1. The molecule has 0 spiro atoms. The van der Waals surface area contributed by atoms with Crippen LogP contribution in [-0.2, 0) is 0 Å². The third-order valence-electron chi connectivity index (χ3n) is 6.21. The molecule has 2 aliphatic rings. The third kappa shape index (κ3) is 2.46. The van der Waals surface area contributed by atoms with Gasteiger partial charge in [-0.3, -0.25) is 14.9 Å². The largest absolute Gasteiger partial charge is 0.284 e. The van der Waals surface area contributed by atoms with Crippen molar-refractivity contribution in [1.29, 1.82) is 0 Å². The van der Waals surface area contributed by atoms with Gasteiger partial charge in [0.1, 0.15) is 0 Å². The van der Waals surface area contributed by atoms with Crippen LogP contribution in [0.4, 0.5) is 5.69 Å². The van der Waals surface area contributed by atoms with E-state index in [9.17, 15) is 14.9 Å². The maximum Gasteiger partial charge on any atom is 0.284 e. The van der Waals surface area contributed by atoms with E-state index in [2.05, 4.69) is 47.2 Å². The van der Waals surface area contributed by atoms with Gasteiger partial charge in [-0.05, 0) is 58.7 Å². The summed E-state index contributed by atoms with van der Waals surface area (Å²) in [4.78, 5) is 22.8. The average molecular weight is 394 g/mol. The summed E-state index contributed by atoms with van der Waals surface area (Å²) in [5.41, 5.74) is 3.90. The summed E-state index contributed by atoms with van der Waals surface area (Å²) >= 11 is 3.11. The Balaban J connectivity index is 1.80. The summed E-state index contributed by atoms with van der Waals surface area (Å²) in [5.74, 6) is 0.175. The number of amides is 1. The quantitative estimate of drug-likeness (QED) is 0.613. The summed E-state index contributed by atoms with van der Waals surface area (Å²) in [7, 11) is 0. The first-order valence-corrected chi connectivity index (χ1v) is 8.77. The van der Waals surface area contributed by atoms with E-state index >= 15 is 0 Å². The molecule has 2 atom stereocenters. The lowest BCUT2D eigenvalue weighted by atomic mass is 9.70. The third-order valence-corrected chi connectivity index (χ3v) is 6.88. The van der Waals surface area contributed by atoms with E-state index in [1.807, 2.05) is 0 Å². The molecule has 1 N–H and O–H groups in total. The summed E-state index contributed by atoms with van der Waals surface area (Å²) in [5, 5.41) is 15.4. The standard InChI is InChI=1S/C17H20BrN3O3/c1-16(2)11-6-7-17(16,3)14(9-11)19-20-15(22)10-4-5-12(18)13(8-10)21(23)24/h4-5,8,11H,6-7,9H2,1-3H3,(H,20,22)/b19-14+/t11-,17-/m1/s1. The molecule has 0 heterocycles. The van der Waals surface area contributed by atoms with Crippen LogP contribution in [0.2, 0.25) is 0 Å². The smallest absolute Gasteiger partial charge is 0.267 e. The normalized spacial score (nSPS) is 29.0. The second kappa shape index (κ2) is 5.65. The van der Waals surface area contributed by atoms with Crippen molar-refractivity contribution in [2.45, 2.75) is 40.0 Å². The molecule has 2 fully saturated rings. The van der Waals surface area contributed by atoms with Crippen LogP contribution >= 0.6 is 15.9 Å². The number of carbonyl (C=O) groups is 1. The summed E-state index contributed by atoms with van der Waals surface area (Å²) < 4.78 is 0.345. The summed E-state index contributed by atoms with van der Waals surface area (Å²) in [6.07, 6.45) is 3.20. The molecule has 0 aliphatic heterocycles. The number of nitro benzene ring substituents is 1. The number of carbonyl (C=O) groups excluding carboxylic acids is 1. The Morgan fingerprint density at radius 1 is 1.42 bits per heavy atom. The van der Waals surface area contributed by atoms with Crippen LogP contribution in [0.5, 0.6) is 0 Å². The molecule has 6 nitrogen and oxygen atoms in total. The molecule has 128 valence electrons. The van der Waals surface area contributed by atoms with Crippen LogP contribution in [0.15, 0.2) is 27.8 Å². The Labute approximate surface area is 149 Å². The molecule has 0 saturated heterocycles. The molecule has 3 rings (SSSR count). The molecule has 1 amide bonds. The molecule has 2 aliphatic carbocycles. The van der Waals surface area contributed by atoms with Gasteiger partial charge in [0.2, 0.25) is 0 Å². The van der Waals surface area contributed by atoms with E-state index < -0.39 is 10.8 Å². The Hall–Kier alpha value is -1.76. The molecular formula is C17H20BrN3O3. The Kier molecular flexibility index (Phi) is 4.02. The molecule has 0 aromatic heterocycles. The van der Waals surface area contributed by atoms with Crippen molar-refractivity contribution in [2.75, 3.05) is 0 Å². The van der Waals surface area contributed by atoms with Gasteiger partial charge in [-0.25, -0.2) is 5.43 Å². The molecule has 0 radical (unpaired) electrons. The molecule has 2 saturated carbocycles. The van der Waals surface area contributed by atoms with Crippen molar-refractivity contribution in [2.24, 2.45) is 21.8 Å². The molecule has 1 aromatic carbocycles. The van der Waals surface area contributed by atoms with E-state index in [-0.39, 0.29) is 22.1 Å². The van der Waals surface area contributed by atoms with Crippen molar-refractivity contribution < 1.29 is 9.72 Å². The number of hydrazone groups is 1. The van der Waals surface area contributed by atoms with Crippen LogP contribution < -0.4 is 5.43 Å². The highest BCUT2D eigenvalue weighted by Gasteiger charge is 2.60. The Bertz CT molecular complexity index is 759. The van der Waals surface area contributed by atoms with E-state index in [1.54, 1.807) is 6.07 Å². The predicted molar refractivity (Wildman–Crippen MR) is 94.9 cm³/mol. The number of benzene rings is 1. The lowest BCUT2D eigenvalue weighted by molar-refractivity contribution is -0.385. The van der Waals surface area contributed by atoms with Gasteiger partial charge >= 0.3 is 0 Å². The van der Waals surface area contributed by atoms with Gasteiger partial charge in [-0.15, -0.1) is 0 Å². The maximum atomic E-state index is 12.3. The number of hydrogen-bond acceptors (Lipinski definition) is 4. The summed E-state index contributed by atoms with van der Waals surface area (Å²) in [6, 6.07) is 4.30. The van der Waals surface area contributed by atoms with Gasteiger partial charge in [0, 0.05) is 22.8 Å². The van der Waals surface area contributed by atoms with Gasteiger partial charge < -0.3 is 0 Å². The number of rotatable bonds is 3. The fourth-order valence-corrected chi connectivity index (χ4v) is 4.47. The topological polar surface area (TPSA) is 84.6 Å². The van der Waals surface area contributed by atoms with Crippen molar-refractivity contribution in [3.63, 3.8) is 0 Å². The molecule has 0 unspecified atom stereocenters. The fourth-order valence-electron chi connectivity index (χ4n) is 4.07. The van der Waals surface area contributed by atoms with Crippen LogP contribution in [0.1, 0.15) is 50.4 Å². The van der Waals surface area contributed by atoms with Crippen molar-refractivity contribution in [3.05, 3.63) is 38.3 Å². The molecule has 1 aromatic rings. The zero-order valence-corrected chi connectivity index (χ0v) is 15.5. The number of nitrogens with zero attached hydrogens (tertiary/aromatic N) is 2. The van der Waals surface area contributed by atoms with Crippen molar-refractivity contribution >= 4 is 33.2 Å². The Morgan fingerprint density at radius 2 is 2.12 bits per heavy atom. The SMILES string of the molecule is CC1(C)[C@@H]2CC[C@]1(C)/C(=N/NC(=O)c1ccc(Br)c([N+](=O)[O-])c1)C2. The van der Waals surface area contributed by atoms with E-state index in [4.69, 9.17) is 0 Å². The number of nitro groups is 1. The lowest BCUT2D eigenvalue weighted by Gasteiger charge is -2.34. The van der Waals surface area contributed by atoms with Gasteiger partial charge in [0.15, 0.2) is 0 Å². The highest BCUT2D eigenvalue weighted by Crippen LogP contribution is 2.63. The van der Waals surface area contributed by atoms with Gasteiger partial charge in [-0.2, -0.15) is 5.10 Å². The fraction of sp³-hybridized carbons (Fsp3) is 0.529. The zero-order valence-electron chi connectivity index (χ0n) is 13.9. The molecule has 7 heteroatoms. The second-order valence-electron chi connectivity index (χ2n) is 7.42. The minimum atomic E-state index is -0.522. The molecule has 24 heavy (non-hydrogen) atoms. The van der Waals surface area contributed by atoms with Crippen LogP contribution in [0, 0.1) is 26.9 Å². The average Bonchev–Trinajstić information content (AvgIpc) is 2.85. The van der Waals surface area contributed by atoms with E-state index in [0.29, 0.717) is 10.4 Å². The van der Waals surface area contributed by atoms with Gasteiger partial charge in [0.25, 0.3) is 11.6 Å². The van der Waals surface area contributed by atoms with Crippen molar-refractivity contribution in [1.82, 2.24) is 5.43 Å². The van der Waals surface area contributed by atoms with Gasteiger partial charge in [-0.1, -0.05) is 20.8 Å². The second-order valence-corrected chi connectivity index (χ2v) is 8.27. The molecular weight excluding hydrogens is 374 g/mol. The highest BCUT2D eigenvalue weighted by molar-refractivity contribution is 9.10. The number of hydrogen-bond donors (Lipinski definition) is 1. The first-order valence-electron chi connectivity index (χ1n) is 7.98. The van der Waals surface area contributed by atoms with Gasteiger partial charge in [0.05, 0.1) is 9.40 Å². The summed E-state index contributed by atoms with van der Waals surface area (Å²) in [6.45, 7) is 6.76. The maximum absolute atomic E-state index is 12.3. The van der Waals surface area contributed by atoms with Crippen LogP contribution in [0.25, 0.3) is 0 Å². The zero-order chi connectivity index (χ0) is 17.7. The van der Waals surface area contributed by atoms with Crippen LogP contribution in [-0.4, -0.2) is 16.5 Å².